The molecule has 1 atom stereocenters. The molecule has 3 heterocycles. The molecule has 8 nitrogen and oxygen atoms in total. The molecule has 0 saturated heterocycles. The zero-order valence-corrected chi connectivity index (χ0v) is 14.7. The molecule has 0 amide bonds. The lowest BCUT2D eigenvalue weighted by molar-refractivity contribution is -0.136. The van der Waals surface area contributed by atoms with Gasteiger partial charge in [0.05, 0.1) is 17.6 Å². The van der Waals surface area contributed by atoms with Gasteiger partial charge in [-0.05, 0) is 27.9 Å². The maximum absolute atomic E-state index is 14.6. The van der Waals surface area contributed by atoms with Crippen molar-refractivity contribution in [2.75, 3.05) is 12.4 Å². The van der Waals surface area contributed by atoms with Gasteiger partial charge < -0.3 is 10.1 Å². The first-order chi connectivity index (χ1) is 13.1. The predicted octanol–water partition coefficient (Wildman–Crippen LogP) is 2.20. The lowest BCUT2D eigenvalue weighted by Crippen LogP contribution is -2.33. The molecule has 0 aliphatic carbocycles. The van der Waals surface area contributed by atoms with Crippen LogP contribution in [0.2, 0.25) is 0 Å². The fraction of sp³-hybridized carbons (Fsp3) is 0.118. The van der Waals surface area contributed by atoms with Crippen molar-refractivity contribution in [2.24, 2.45) is 0 Å². The van der Waals surface area contributed by atoms with Crippen LogP contribution in [-0.4, -0.2) is 39.1 Å². The summed E-state index contributed by atoms with van der Waals surface area (Å²) in [5.41, 5.74) is 0.0505. The number of thiophene rings is 1. The Balaban J connectivity index is 1.99. The minimum atomic E-state index is -1.03. The van der Waals surface area contributed by atoms with Crippen LogP contribution in [0.25, 0.3) is 0 Å². The van der Waals surface area contributed by atoms with Crippen LogP contribution in [0.4, 0.5) is 10.3 Å². The molecular formula is C17H12FN5O3S. The molecule has 3 aromatic rings. The molecule has 0 fully saturated rings. The highest BCUT2D eigenvalue weighted by Crippen LogP contribution is 2.38. The number of carbonyl (C=O) groups is 2. The molecule has 1 aliphatic heterocycles. The Kier molecular flexibility index (Phi) is 4.24. The third kappa shape index (κ3) is 2.79. The van der Waals surface area contributed by atoms with Gasteiger partial charge in [0, 0.05) is 5.56 Å². The van der Waals surface area contributed by atoms with Crippen molar-refractivity contribution >= 4 is 29.0 Å². The minimum absolute atomic E-state index is 0.00852. The number of nitrogens with one attached hydrogen (secondary N) is 1. The van der Waals surface area contributed by atoms with Gasteiger partial charge >= 0.3 is 5.97 Å². The number of methoxy groups -OCH3 is 1. The van der Waals surface area contributed by atoms with Gasteiger partial charge in [-0.1, -0.05) is 29.4 Å². The van der Waals surface area contributed by atoms with Crippen LogP contribution in [0.3, 0.4) is 0 Å². The van der Waals surface area contributed by atoms with Gasteiger partial charge in [0.1, 0.15) is 17.6 Å². The molecule has 0 radical (unpaired) electrons. The number of tetrazole rings is 1. The zero-order chi connectivity index (χ0) is 19.0. The van der Waals surface area contributed by atoms with E-state index in [0.29, 0.717) is 4.88 Å². The first-order valence-electron chi connectivity index (χ1n) is 7.81. The number of carbonyl (C=O) groups excluding carboxylic acids is 2. The second kappa shape index (κ2) is 6.72. The highest BCUT2D eigenvalue weighted by molar-refractivity contribution is 7.12. The second-order valence-electron chi connectivity index (χ2n) is 5.58. The van der Waals surface area contributed by atoms with E-state index < -0.39 is 23.6 Å². The number of anilines is 1. The summed E-state index contributed by atoms with van der Waals surface area (Å²) in [5.74, 6) is -1.66. The van der Waals surface area contributed by atoms with Crippen LogP contribution in [0.15, 0.2) is 53.0 Å². The standard InChI is InChI=1S/C17H12FN5O3S/c1-26-16(25)13-12(15(24)11-7-4-8-27-11)14(9-5-2-3-6-10(9)18)23-17(19-13)20-21-22-23/h2-8,14H,1H3,(H,19,20,22). The molecule has 0 spiro atoms. The fourth-order valence-electron chi connectivity index (χ4n) is 2.91. The first kappa shape index (κ1) is 17.0. The number of ketones is 1. The average Bonchev–Trinajstić information content (AvgIpc) is 3.37. The molecule has 10 heteroatoms. The predicted molar refractivity (Wildman–Crippen MR) is 93.7 cm³/mol. The average molecular weight is 385 g/mol. The van der Waals surface area contributed by atoms with Crippen molar-refractivity contribution in [2.45, 2.75) is 6.04 Å². The van der Waals surface area contributed by atoms with Crippen LogP contribution < -0.4 is 5.32 Å². The summed E-state index contributed by atoms with van der Waals surface area (Å²) < 4.78 is 20.7. The molecule has 136 valence electrons. The van der Waals surface area contributed by atoms with Crippen molar-refractivity contribution < 1.29 is 18.7 Å². The molecule has 1 aliphatic rings. The van der Waals surface area contributed by atoms with E-state index in [1.54, 1.807) is 23.6 Å². The second-order valence-corrected chi connectivity index (χ2v) is 6.53. The Morgan fingerprint density at radius 1 is 1.26 bits per heavy atom. The summed E-state index contributed by atoms with van der Waals surface area (Å²) in [6.07, 6.45) is 0. The number of nitrogens with zero attached hydrogens (tertiary/aromatic N) is 4. The van der Waals surface area contributed by atoms with E-state index in [1.165, 1.54) is 41.3 Å². The number of allylic oxidation sites excluding steroid dienone is 1. The van der Waals surface area contributed by atoms with Gasteiger partial charge in [0.2, 0.25) is 11.7 Å². The monoisotopic (exact) mass is 385 g/mol. The number of aromatic nitrogens is 4. The molecule has 27 heavy (non-hydrogen) atoms. The number of rotatable bonds is 4. The molecule has 1 unspecified atom stereocenters. The van der Waals surface area contributed by atoms with Crippen LogP contribution in [0, 0.1) is 5.82 Å². The van der Waals surface area contributed by atoms with Gasteiger partial charge in [-0.3, -0.25) is 4.79 Å². The highest BCUT2D eigenvalue weighted by Gasteiger charge is 2.39. The minimum Gasteiger partial charge on any atom is -0.464 e. The Morgan fingerprint density at radius 2 is 2.07 bits per heavy atom. The lowest BCUT2D eigenvalue weighted by Gasteiger charge is -2.28. The summed E-state index contributed by atoms with van der Waals surface area (Å²) in [5, 5.41) is 15.7. The van der Waals surface area contributed by atoms with Gasteiger partial charge in [0.15, 0.2) is 0 Å². The largest absolute Gasteiger partial charge is 0.464 e. The van der Waals surface area contributed by atoms with Gasteiger partial charge in [-0.2, -0.15) is 4.68 Å². The van der Waals surface area contributed by atoms with Crippen molar-refractivity contribution in [1.82, 2.24) is 20.2 Å². The summed E-state index contributed by atoms with van der Waals surface area (Å²) in [7, 11) is 1.19. The van der Waals surface area contributed by atoms with E-state index >= 15 is 0 Å². The Hall–Kier alpha value is -3.40. The summed E-state index contributed by atoms with van der Waals surface area (Å²) in [4.78, 5) is 26.0. The Morgan fingerprint density at radius 3 is 2.78 bits per heavy atom. The van der Waals surface area contributed by atoms with Crippen molar-refractivity contribution in [3.8, 4) is 0 Å². The van der Waals surface area contributed by atoms with E-state index in [9.17, 15) is 14.0 Å². The summed E-state index contributed by atoms with van der Waals surface area (Å²) >= 11 is 1.21. The number of Topliss-reactive ketones (excluding diaryl/α,β-unsaturated/α-hetero) is 1. The lowest BCUT2D eigenvalue weighted by atomic mass is 9.91. The van der Waals surface area contributed by atoms with E-state index in [1.807, 2.05) is 0 Å². The van der Waals surface area contributed by atoms with E-state index in [0.717, 1.165) is 0 Å². The molecular weight excluding hydrogens is 373 g/mol. The van der Waals surface area contributed by atoms with E-state index in [4.69, 9.17) is 4.74 Å². The zero-order valence-electron chi connectivity index (χ0n) is 13.9. The topological polar surface area (TPSA) is 99.0 Å². The number of esters is 1. The van der Waals surface area contributed by atoms with Gasteiger partial charge in [0.25, 0.3) is 0 Å². The summed E-state index contributed by atoms with van der Waals surface area (Å²) in [6, 6.07) is 8.28. The number of fused-ring (bicyclic) bond motifs is 1. The van der Waals surface area contributed by atoms with Crippen molar-refractivity contribution in [3.63, 3.8) is 0 Å². The Bertz CT molecular complexity index is 1060. The third-order valence-corrected chi connectivity index (χ3v) is 4.96. The number of halogens is 1. The maximum atomic E-state index is 14.6. The number of hydrogen-bond acceptors (Lipinski definition) is 8. The molecule has 2 aromatic heterocycles. The van der Waals surface area contributed by atoms with Crippen molar-refractivity contribution in [1.29, 1.82) is 0 Å². The molecule has 1 N–H and O–H groups in total. The third-order valence-electron chi connectivity index (χ3n) is 4.10. The molecule has 0 bridgehead atoms. The molecule has 4 rings (SSSR count). The quantitative estimate of drug-likeness (QED) is 0.543. The van der Waals surface area contributed by atoms with Crippen LogP contribution >= 0.6 is 11.3 Å². The van der Waals surface area contributed by atoms with Crippen LogP contribution in [-0.2, 0) is 9.53 Å². The number of hydrogen-bond donors (Lipinski definition) is 1. The van der Waals surface area contributed by atoms with E-state index in [-0.39, 0.29) is 22.8 Å². The van der Waals surface area contributed by atoms with Crippen LogP contribution in [0.1, 0.15) is 21.3 Å². The Labute approximate surface area is 156 Å². The number of ether oxygens (including phenoxy) is 1. The van der Waals surface area contributed by atoms with Gasteiger partial charge in [-0.15, -0.1) is 11.3 Å². The highest BCUT2D eigenvalue weighted by atomic mass is 32.1. The normalized spacial score (nSPS) is 15.9. The molecule has 0 saturated carbocycles. The summed E-state index contributed by atoms with van der Waals surface area (Å²) in [6.45, 7) is 0. The van der Waals surface area contributed by atoms with E-state index in [2.05, 4.69) is 20.8 Å². The van der Waals surface area contributed by atoms with Crippen LogP contribution in [0.5, 0.6) is 0 Å². The van der Waals surface area contributed by atoms with Gasteiger partial charge in [-0.25, -0.2) is 9.18 Å². The maximum Gasteiger partial charge on any atom is 0.355 e. The SMILES string of the molecule is COC(=O)C1=C(C(=O)c2cccs2)C(c2ccccc2F)n2nnnc2N1. The smallest absolute Gasteiger partial charge is 0.355 e. The molecule has 1 aromatic carbocycles. The van der Waals surface area contributed by atoms with Crippen molar-refractivity contribution in [3.05, 3.63) is 69.3 Å². The number of benzene rings is 1. The first-order valence-corrected chi connectivity index (χ1v) is 8.69. The fourth-order valence-corrected chi connectivity index (χ4v) is 3.59.